The van der Waals surface area contributed by atoms with Crippen molar-refractivity contribution in [3.05, 3.63) is 59.5 Å². The number of thioether (sulfide) groups is 1. The third-order valence-electron chi connectivity index (χ3n) is 5.70. The van der Waals surface area contributed by atoms with E-state index >= 15 is 0 Å². The van der Waals surface area contributed by atoms with E-state index in [0.717, 1.165) is 51.7 Å². The van der Waals surface area contributed by atoms with Gasteiger partial charge in [-0.2, -0.15) is 5.10 Å². The Hall–Kier alpha value is -2.64. The lowest BCUT2D eigenvalue weighted by atomic mass is 10.1. The Morgan fingerprint density at radius 1 is 1.12 bits per heavy atom. The Morgan fingerprint density at radius 2 is 1.91 bits per heavy atom. The number of aromatic nitrogens is 4. The van der Waals surface area contributed by atoms with Crippen molar-refractivity contribution in [3.8, 4) is 22.5 Å². The zero-order valence-electron chi connectivity index (χ0n) is 17.7. The van der Waals surface area contributed by atoms with Crippen molar-refractivity contribution in [2.24, 2.45) is 0 Å². The highest BCUT2D eigenvalue weighted by Gasteiger charge is 2.20. The lowest BCUT2D eigenvalue weighted by molar-refractivity contribution is 0.628. The molecule has 1 saturated carbocycles. The molecule has 0 amide bonds. The quantitative estimate of drug-likeness (QED) is 0.319. The zero-order valence-corrected chi connectivity index (χ0v) is 19.3. The molecule has 164 valence electrons. The van der Waals surface area contributed by atoms with Gasteiger partial charge in [0.25, 0.3) is 0 Å². The van der Waals surface area contributed by atoms with Crippen LogP contribution >= 0.6 is 23.4 Å². The van der Waals surface area contributed by atoms with E-state index in [1.54, 1.807) is 30.1 Å². The van der Waals surface area contributed by atoms with E-state index in [0.29, 0.717) is 17.0 Å². The second kappa shape index (κ2) is 9.08. The van der Waals surface area contributed by atoms with Crippen LogP contribution in [0.4, 0.5) is 10.3 Å². The minimum atomic E-state index is -0.272. The van der Waals surface area contributed by atoms with E-state index < -0.39 is 0 Å². The molecular weight excluding hydrogens is 445 g/mol. The molecular formula is C24H23ClFN5S. The SMILES string of the molecule is CCSc1cc(Cl)c(-c2ccnc(NC3CCCC3)n2)c2cc(-c3ccc(F)cc3)nn12. The number of benzene rings is 1. The summed E-state index contributed by atoms with van der Waals surface area (Å²) >= 11 is 8.46. The molecule has 0 aliphatic heterocycles. The molecule has 1 N–H and O–H groups in total. The Balaban J connectivity index is 1.63. The largest absolute Gasteiger partial charge is 0.351 e. The summed E-state index contributed by atoms with van der Waals surface area (Å²) in [5.41, 5.74) is 4.01. The van der Waals surface area contributed by atoms with Gasteiger partial charge >= 0.3 is 0 Å². The Labute approximate surface area is 195 Å². The monoisotopic (exact) mass is 467 g/mol. The van der Waals surface area contributed by atoms with Crippen molar-refractivity contribution < 1.29 is 4.39 Å². The summed E-state index contributed by atoms with van der Waals surface area (Å²) in [7, 11) is 0. The van der Waals surface area contributed by atoms with Crippen LogP contribution in [0.3, 0.4) is 0 Å². The lowest BCUT2D eigenvalue weighted by Gasteiger charge is -2.14. The number of anilines is 1. The molecule has 1 aliphatic carbocycles. The summed E-state index contributed by atoms with van der Waals surface area (Å²) in [4.78, 5) is 9.20. The number of fused-ring (bicyclic) bond motifs is 1. The van der Waals surface area contributed by atoms with Crippen LogP contribution < -0.4 is 5.32 Å². The van der Waals surface area contributed by atoms with E-state index in [4.69, 9.17) is 21.7 Å². The summed E-state index contributed by atoms with van der Waals surface area (Å²) in [5, 5.41) is 9.84. The van der Waals surface area contributed by atoms with E-state index in [-0.39, 0.29) is 5.82 Å². The predicted molar refractivity (Wildman–Crippen MR) is 129 cm³/mol. The fourth-order valence-corrected chi connectivity index (χ4v) is 5.30. The molecule has 3 heterocycles. The molecule has 5 rings (SSSR count). The molecule has 1 aliphatic rings. The molecule has 5 nitrogen and oxygen atoms in total. The number of nitrogens with one attached hydrogen (secondary N) is 1. The Morgan fingerprint density at radius 3 is 2.66 bits per heavy atom. The molecule has 0 atom stereocenters. The van der Waals surface area contributed by atoms with Gasteiger partial charge in [0.15, 0.2) is 0 Å². The van der Waals surface area contributed by atoms with Crippen molar-refractivity contribution in [2.75, 3.05) is 11.1 Å². The van der Waals surface area contributed by atoms with Crippen LogP contribution in [0.25, 0.3) is 28.0 Å². The first-order valence-corrected chi connectivity index (χ1v) is 12.2. The molecule has 4 aromatic rings. The standard InChI is InChI=1S/C24H23ClFN5S/c1-2-32-22-13-18(25)23(19-11-12-27-24(29-19)28-17-5-3-4-6-17)21-14-20(30-31(21)22)15-7-9-16(26)10-8-15/h7-14,17H,2-6H2,1H3,(H,27,28,29). The lowest BCUT2D eigenvalue weighted by Crippen LogP contribution is -2.16. The van der Waals surface area contributed by atoms with Crippen LogP contribution in [0, 0.1) is 5.82 Å². The van der Waals surface area contributed by atoms with E-state index in [9.17, 15) is 4.39 Å². The van der Waals surface area contributed by atoms with E-state index in [2.05, 4.69) is 17.2 Å². The third kappa shape index (κ3) is 4.19. The molecule has 0 saturated heterocycles. The number of nitrogens with zero attached hydrogens (tertiary/aromatic N) is 4. The summed E-state index contributed by atoms with van der Waals surface area (Å²) in [5.74, 6) is 1.24. The van der Waals surface area contributed by atoms with Gasteiger partial charge in [0, 0.05) is 23.4 Å². The van der Waals surface area contributed by atoms with Crippen molar-refractivity contribution in [2.45, 2.75) is 43.7 Å². The first-order valence-electron chi connectivity index (χ1n) is 10.8. The number of halogens is 2. The first-order chi connectivity index (χ1) is 15.6. The van der Waals surface area contributed by atoms with Gasteiger partial charge in [-0.1, -0.05) is 31.4 Å². The zero-order chi connectivity index (χ0) is 22.1. The molecule has 1 fully saturated rings. The molecule has 3 aromatic heterocycles. The number of rotatable bonds is 6. The van der Waals surface area contributed by atoms with Crippen LogP contribution in [0.1, 0.15) is 32.6 Å². The Kier molecular flexibility index (Phi) is 6.02. The predicted octanol–water partition coefficient (Wildman–Crippen LogP) is 6.72. The number of pyridine rings is 1. The van der Waals surface area contributed by atoms with E-state index in [1.165, 1.54) is 25.0 Å². The van der Waals surface area contributed by atoms with Gasteiger partial charge < -0.3 is 5.32 Å². The van der Waals surface area contributed by atoms with Gasteiger partial charge in [0.2, 0.25) is 5.95 Å². The highest BCUT2D eigenvalue weighted by molar-refractivity contribution is 7.99. The van der Waals surface area contributed by atoms with E-state index in [1.807, 2.05) is 22.7 Å². The van der Waals surface area contributed by atoms with Crippen LogP contribution in [0.2, 0.25) is 5.02 Å². The average Bonchev–Trinajstić information content (AvgIpc) is 3.45. The van der Waals surface area contributed by atoms with Crippen molar-refractivity contribution in [1.82, 2.24) is 19.6 Å². The van der Waals surface area contributed by atoms with Gasteiger partial charge in [-0.05, 0) is 61.1 Å². The molecule has 0 spiro atoms. The maximum absolute atomic E-state index is 13.4. The highest BCUT2D eigenvalue weighted by atomic mass is 35.5. The average molecular weight is 468 g/mol. The van der Waals surface area contributed by atoms with Gasteiger partial charge in [-0.25, -0.2) is 18.9 Å². The van der Waals surface area contributed by atoms with Crippen LogP contribution in [-0.4, -0.2) is 31.4 Å². The van der Waals surface area contributed by atoms with Crippen LogP contribution in [0.5, 0.6) is 0 Å². The second-order valence-electron chi connectivity index (χ2n) is 7.86. The van der Waals surface area contributed by atoms with Crippen molar-refractivity contribution in [1.29, 1.82) is 0 Å². The molecule has 32 heavy (non-hydrogen) atoms. The molecule has 1 aromatic carbocycles. The smallest absolute Gasteiger partial charge is 0.223 e. The summed E-state index contributed by atoms with van der Waals surface area (Å²) < 4.78 is 15.3. The number of hydrogen-bond donors (Lipinski definition) is 1. The normalized spacial score (nSPS) is 14.3. The first kappa shape index (κ1) is 21.2. The van der Waals surface area contributed by atoms with Gasteiger partial charge in [0.05, 0.1) is 27.0 Å². The van der Waals surface area contributed by atoms with Gasteiger partial charge in [-0.15, -0.1) is 11.8 Å². The van der Waals surface area contributed by atoms with Crippen LogP contribution in [-0.2, 0) is 0 Å². The fourth-order valence-electron chi connectivity index (χ4n) is 4.18. The van der Waals surface area contributed by atoms with Crippen molar-refractivity contribution in [3.63, 3.8) is 0 Å². The number of hydrogen-bond acceptors (Lipinski definition) is 5. The van der Waals surface area contributed by atoms with Crippen molar-refractivity contribution >= 4 is 34.8 Å². The molecule has 0 radical (unpaired) electrons. The second-order valence-corrected chi connectivity index (χ2v) is 9.55. The minimum Gasteiger partial charge on any atom is -0.351 e. The van der Waals surface area contributed by atoms with Gasteiger partial charge in [-0.3, -0.25) is 0 Å². The molecule has 0 bridgehead atoms. The van der Waals surface area contributed by atoms with Gasteiger partial charge in [0.1, 0.15) is 5.82 Å². The van der Waals surface area contributed by atoms with Crippen LogP contribution in [0.15, 0.2) is 53.7 Å². The maximum Gasteiger partial charge on any atom is 0.223 e. The molecule has 8 heteroatoms. The topological polar surface area (TPSA) is 55.1 Å². The minimum absolute atomic E-state index is 0.272. The maximum atomic E-state index is 13.4. The highest BCUT2D eigenvalue weighted by Crippen LogP contribution is 2.37. The Bertz CT molecular complexity index is 1250. The molecule has 0 unspecified atom stereocenters. The fraction of sp³-hybridized carbons (Fsp3) is 0.292. The summed E-state index contributed by atoms with van der Waals surface area (Å²) in [6, 6.07) is 12.6. The third-order valence-corrected chi connectivity index (χ3v) is 6.87. The summed E-state index contributed by atoms with van der Waals surface area (Å²) in [6.07, 6.45) is 6.53. The summed E-state index contributed by atoms with van der Waals surface area (Å²) in [6.45, 7) is 2.09.